The summed E-state index contributed by atoms with van der Waals surface area (Å²) in [6, 6.07) is 27.8. The van der Waals surface area contributed by atoms with Crippen molar-refractivity contribution >= 4 is 28.3 Å². The molecule has 0 saturated heterocycles. The molecule has 1 N–H and O–H groups in total. The highest BCUT2D eigenvalue weighted by atomic mass is 16.5. The van der Waals surface area contributed by atoms with Crippen molar-refractivity contribution in [1.82, 2.24) is 15.0 Å². The molecule has 0 spiro atoms. The lowest BCUT2D eigenvalue weighted by atomic mass is 9.99. The van der Waals surface area contributed by atoms with E-state index in [1.54, 1.807) is 7.11 Å². The first-order valence-corrected chi connectivity index (χ1v) is 12.2. The maximum Gasteiger partial charge on any atom is 0.262 e. The number of benzene rings is 4. The lowest BCUT2D eigenvalue weighted by Crippen LogP contribution is -2.43. The Hall–Kier alpha value is -4.65. The van der Waals surface area contributed by atoms with Crippen LogP contribution in [0.1, 0.15) is 38.8 Å². The third kappa shape index (κ3) is 4.08. The molecule has 1 aromatic heterocycles. The van der Waals surface area contributed by atoms with Gasteiger partial charge in [-0.15, -0.1) is 5.10 Å². The number of fused-ring (bicyclic) bond motifs is 2. The number of para-hydroxylation sites is 2. The van der Waals surface area contributed by atoms with Crippen molar-refractivity contribution in [2.45, 2.75) is 26.6 Å². The molecule has 0 aliphatic carbocycles. The number of aryl methyl sites for hydroxylation is 2. The molecule has 37 heavy (non-hydrogen) atoms. The van der Waals surface area contributed by atoms with Gasteiger partial charge in [0.2, 0.25) is 0 Å². The number of aromatic nitrogens is 3. The van der Waals surface area contributed by atoms with Crippen molar-refractivity contribution in [2.24, 2.45) is 0 Å². The molecule has 4 aromatic carbocycles. The van der Waals surface area contributed by atoms with Crippen LogP contribution in [-0.4, -0.2) is 28.0 Å². The molecule has 1 amide bonds. The van der Waals surface area contributed by atoms with Gasteiger partial charge in [0.1, 0.15) is 17.4 Å². The number of rotatable bonds is 5. The summed E-state index contributed by atoms with van der Waals surface area (Å²) in [6.07, 6.45) is -0.402. The van der Waals surface area contributed by atoms with Gasteiger partial charge in [0.05, 0.1) is 24.7 Å². The first-order valence-electron chi connectivity index (χ1n) is 12.2. The zero-order valence-electron chi connectivity index (χ0n) is 21.0. The number of hydrogen-bond acceptors (Lipinski definition) is 5. The first kappa shape index (κ1) is 22.8. The van der Waals surface area contributed by atoms with Gasteiger partial charge in [-0.1, -0.05) is 41.6 Å². The molecule has 5 aromatic rings. The molecule has 0 bridgehead atoms. The number of carbonyl (C=O) groups is 1. The number of amides is 1. The van der Waals surface area contributed by atoms with Crippen molar-refractivity contribution in [3.8, 4) is 5.75 Å². The average Bonchev–Trinajstić information content (AvgIpc) is 3.31. The second-order valence-electron chi connectivity index (χ2n) is 9.42. The number of nitrogens with zero attached hydrogens (tertiary/aromatic N) is 4. The predicted molar refractivity (Wildman–Crippen MR) is 145 cm³/mol. The van der Waals surface area contributed by atoms with Gasteiger partial charge in [-0.3, -0.25) is 9.69 Å². The van der Waals surface area contributed by atoms with E-state index in [1.807, 2.05) is 70.2 Å². The summed E-state index contributed by atoms with van der Waals surface area (Å²) in [7, 11) is 1.67. The highest BCUT2D eigenvalue weighted by Crippen LogP contribution is 2.38. The Bertz CT molecular complexity index is 1620. The summed E-state index contributed by atoms with van der Waals surface area (Å²) in [5.41, 5.74) is 8.23. The van der Waals surface area contributed by atoms with Crippen molar-refractivity contribution in [2.75, 3.05) is 17.3 Å². The summed E-state index contributed by atoms with van der Waals surface area (Å²) in [6.45, 7) is 4.59. The third-order valence-electron chi connectivity index (χ3n) is 6.77. The van der Waals surface area contributed by atoms with Crippen LogP contribution in [0.15, 0.2) is 84.9 Å². The van der Waals surface area contributed by atoms with Crippen LogP contribution < -0.4 is 15.0 Å². The molecule has 1 unspecified atom stereocenters. The van der Waals surface area contributed by atoms with Gasteiger partial charge in [-0.05, 0) is 79.1 Å². The molecule has 7 heteroatoms. The second kappa shape index (κ2) is 9.09. The Labute approximate surface area is 215 Å². The van der Waals surface area contributed by atoms with Crippen molar-refractivity contribution in [3.05, 3.63) is 113 Å². The van der Waals surface area contributed by atoms with Gasteiger partial charge in [0, 0.05) is 16.9 Å². The molecule has 0 fully saturated rings. The quantitative estimate of drug-likeness (QED) is 0.334. The number of hydrogen-bond donors (Lipinski definition) is 1. The van der Waals surface area contributed by atoms with Crippen LogP contribution in [0.2, 0.25) is 0 Å². The van der Waals surface area contributed by atoms with Gasteiger partial charge in [-0.2, -0.15) is 0 Å². The Morgan fingerprint density at radius 3 is 2.49 bits per heavy atom. The van der Waals surface area contributed by atoms with Crippen LogP contribution in [0.3, 0.4) is 0 Å². The van der Waals surface area contributed by atoms with Gasteiger partial charge < -0.3 is 10.1 Å². The number of methoxy groups -OCH3 is 1. The molecule has 7 nitrogen and oxygen atoms in total. The maximum absolute atomic E-state index is 13.9. The SMILES string of the molecule is COc1ccc(C2Nc3ccccc3C(=O)N2c2cc(C)cc(C)c2)cc1Cn1nnc2ccccc21. The van der Waals surface area contributed by atoms with E-state index in [4.69, 9.17) is 4.74 Å². The van der Waals surface area contributed by atoms with E-state index in [0.717, 1.165) is 50.4 Å². The van der Waals surface area contributed by atoms with E-state index in [-0.39, 0.29) is 5.91 Å². The lowest BCUT2D eigenvalue weighted by molar-refractivity contribution is 0.0975. The van der Waals surface area contributed by atoms with Crippen LogP contribution in [0.25, 0.3) is 11.0 Å². The number of nitrogens with one attached hydrogen (secondary N) is 1. The van der Waals surface area contributed by atoms with Crippen LogP contribution in [0, 0.1) is 13.8 Å². The Kier molecular flexibility index (Phi) is 5.60. The standard InChI is InChI=1S/C30H27N5O2/c1-19-14-20(2)16-23(15-19)35-29(31-25-9-5-4-8-24(25)30(35)36)21-12-13-28(37-3)22(17-21)18-34-27-11-7-6-10-26(27)32-33-34/h4-17,29,31H,18H2,1-3H3. The summed E-state index contributed by atoms with van der Waals surface area (Å²) < 4.78 is 7.57. The minimum absolute atomic E-state index is 0.0380. The molecule has 1 atom stereocenters. The summed E-state index contributed by atoms with van der Waals surface area (Å²) in [4.78, 5) is 15.7. The Morgan fingerprint density at radius 1 is 0.919 bits per heavy atom. The summed E-state index contributed by atoms with van der Waals surface area (Å²) >= 11 is 0. The number of ether oxygens (including phenoxy) is 1. The fourth-order valence-electron chi connectivity index (χ4n) is 5.13. The van der Waals surface area contributed by atoms with E-state index in [2.05, 4.69) is 53.7 Å². The van der Waals surface area contributed by atoms with Crippen LogP contribution in [0.5, 0.6) is 5.75 Å². The largest absolute Gasteiger partial charge is 0.496 e. The molecule has 2 heterocycles. The Balaban J connectivity index is 1.46. The first-order chi connectivity index (χ1) is 18.0. The molecule has 1 aliphatic rings. The summed E-state index contributed by atoms with van der Waals surface area (Å²) in [5, 5.41) is 12.3. The van der Waals surface area contributed by atoms with Gasteiger partial charge >= 0.3 is 0 Å². The van der Waals surface area contributed by atoms with Crippen molar-refractivity contribution < 1.29 is 9.53 Å². The smallest absolute Gasteiger partial charge is 0.262 e. The fraction of sp³-hybridized carbons (Fsp3) is 0.167. The normalized spacial score (nSPS) is 14.9. The highest BCUT2D eigenvalue weighted by molar-refractivity contribution is 6.12. The van der Waals surface area contributed by atoms with Crippen molar-refractivity contribution in [3.63, 3.8) is 0 Å². The molecule has 0 saturated carbocycles. The molecule has 184 valence electrons. The van der Waals surface area contributed by atoms with Crippen LogP contribution in [0.4, 0.5) is 11.4 Å². The molecular formula is C30H27N5O2. The average molecular weight is 490 g/mol. The van der Waals surface area contributed by atoms with Gasteiger partial charge in [-0.25, -0.2) is 4.68 Å². The second-order valence-corrected chi connectivity index (χ2v) is 9.42. The monoisotopic (exact) mass is 489 g/mol. The third-order valence-corrected chi connectivity index (χ3v) is 6.77. The topological polar surface area (TPSA) is 72.3 Å². The van der Waals surface area contributed by atoms with Gasteiger partial charge in [0.25, 0.3) is 5.91 Å². The van der Waals surface area contributed by atoms with Crippen LogP contribution >= 0.6 is 0 Å². The van der Waals surface area contributed by atoms with Crippen LogP contribution in [-0.2, 0) is 6.54 Å². The zero-order chi connectivity index (χ0) is 25.5. The highest BCUT2D eigenvalue weighted by Gasteiger charge is 2.34. The molecule has 6 rings (SSSR count). The molecule has 1 aliphatic heterocycles. The van der Waals surface area contributed by atoms with E-state index >= 15 is 0 Å². The van der Waals surface area contributed by atoms with Gasteiger partial charge in [0.15, 0.2) is 0 Å². The zero-order valence-corrected chi connectivity index (χ0v) is 21.0. The number of carbonyl (C=O) groups excluding carboxylic acids is 1. The number of anilines is 2. The maximum atomic E-state index is 13.9. The van der Waals surface area contributed by atoms with E-state index < -0.39 is 6.17 Å². The predicted octanol–water partition coefficient (Wildman–Crippen LogP) is 5.88. The lowest BCUT2D eigenvalue weighted by Gasteiger charge is -2.38. The molecule has 0 radical (unpaired) electrons. The van der Waals surface area contributed by atoms with E-state index in [1.165, 1.54) is 0 Å². The van der Waals surface area contributed by atoms with Crippen molar-refractivity contribution in [1.29, 1.82) is 0 Å². The summed E-state index contributed by atoms with van der Waals surface area (Å²) in [5.74, 6) is 0.716. The van der Waals surface area contributed by atoms with E-state index in [0.29, 0.717) is 12.1 Å². The van der Waals surface area contributed by atoms with E-state index in [9.17, 15) is 4.79 Å². The minimum atomic E-state index is -0.402. The molecular weight excluding hydrogens is 462 g/mol. The Morgan fingerprint density at radius 2 is 1.68 bits per heavy atom. The fourth-order valence-corrected chi connectivity index (χ4v) is 5.13. The minimum Gasteiger partial charge on any atom is -0.496 e.